The van der Waals surface area contributed by atoms with Gasteiger partial charge in [0.05, 0.1) is 16.7 Å². The van der Waals surface area contributed by atoms with Crippen molar-refractivity contribution < 1.29 is 17.9 Å². The predicted octanol–water partition coefficient (Wildman–Crippen LogP) is 5.32. The van der Waals surface area contributed by atoms with E-state index in [1.165, 1.54) is 24.3 Å². The van der Waals surface area contributed by atoms with Crippen molar-refractivity contribution in [2.45, 2.75) is 36.9 Å². The van der Waals surface area contributed by atoms with E-state index < -0.39 is 23.0 Å². The molecule has 4 aliphatic heterocycles. The number of halogens is 3. The van der Waals surface area contributed by atoms with Crippen LogP contribution in [0.2, 0.25) is 0 Å². The molecule has 0 saturated carbocycles. The number of nitrogens with zero attached hydrogens (tertiary/aromatic N) is 4. The second kappa shape index (κ2) is 10.2. The van der Waals surface area contributed by atoms with E-state index in [1.807, 2.05) is 4.90 Å². The highest BCUT2D eigenvalue weighted by molar-refractivity contribution is 6.05. The lowest BCUT2D eigenvalue weighted by atomic mass is 9.92. The molecule has 3 saturated heterocycles. The molecule has 3 atom stereocenters. The van der Waals surface area contributed by atoms with Crippen molar-refractivity contribution in [1.82, 2.24) is 20.2 Å². The van der Waals surface area contributed by atoms with Crippen LogP contribution in [0.15, 0.2) is 54.6 Å². The van der Waals surface area contributed by atoms with Crippen LogP contribution < -0.4 is 20.7 Å². The molecule has 8 rings (SSSR count). The summed E-state index contributed by atoms with van der Waals surface area (Å²) in [5.74, 6) is 0.280. The van der Waals surface area contributed by atoms with Gasteiger partial charge in [-0.25, -0.2) is 13.2 Å². The van der Waals surface area contributed by atoms with Crippen LogP contribution >= 0.6 is 0 Å². The van der Waals surface area contributed by atoms with Gasteiger partial charge in [-0.15, -0.1) is 6.42 Å². The van der Waals surface area contributed by atoms with Crippen LogP contribution in [0.3, 0.4) is 0 Å². The molecule has 4 aliphatic rings. The lowest BCUT2D eigenvalue weighted by molar-refractivity contribution is 0.108. The van der Waals surface area contributed by atoms with Crippen LogP contribution in [0.5, 0.6) is 6.01 Å². The molecule has 0 radical (unpaired) electrons. The van der Waals surface area contributed by atoms with E-state index in [1.54, 1.807) is 6.07 Å². The maximum Gasteiger partial charge on any atom is 0.319 e. The lowest BCUT2D eigenvalue weighted by Gasteiger charge is -2.35. The van der Waals surface area contributed by atoms with E-state index in [0.29, 0.717) is 30.9 Å². The molecule has 0 spiro atoms. The highest BCUT2D eigenvalue weighted by Crippen LogP contribution is 2.43. The van der Waals surface area contributed by atoms with Gasteiger partial charge in [0, 0.05) is 48.2 Å². The Morgan fingerprint density at radius 3 is 2.69 bits per heavy atom. The molecule has 45 heavy (non-hydrogen) atoms. The smallest absolute Gasteiger partial charge is 0.319 e. The van der Waals surface area contributed by atoms with Crippen molar-refractivity contribution in [3.63, 3.8) is 0 Å². The Balaban J connectivity index is 1.31. The van der Waals surface area contributed by atoms with Gasteiger partial charge in [0.2, 0.25) is 0 Å². The Labute approximate surface area is 258 Å². The number of aromatic nitrogens is 2. The number of terminal acetylenes is 1. The van der Waals surface area contributed by atoms with Gasteiger partial charge < -0.3 is 20.7 Å². The van der Waals surface area contributed by atoms with Gasteiger partial charge in [-0.2, -0.15) is 9.97 Å². The van der Waals surface area contributed by atoms with Crippen LogP contribution in [-0.4, -0.2) is 65.3 Å². The van der Waals surface area contributed by atoms with Gasteiger partial charge in [-0.3, -0.25) is 4.90 Å². The molecule has 0 amide bonds. The zero-order valence-corrected chi connectivity index (χ0v) is 24.5. The minimum Gasteiger partial charge on any atom is -0.461 e. The Bertz CT molecular complexity index is 1990. The quantitative estimate of drug-likeness (QED) is 0.180. The molecular formula is C35H31F3N6O. The Hall–Kier alpha value is -4.59. The topological polar surface area (TPSA) is 79.5 Å². The van der Waals surface area contributed by atoms with Crippen molar-refractivity contribution >= 4 is 33.2 Å². The monoisotopic (exact) mass is 608 g/mol. The van der Waals surface area contributed by atoms with Crippen LogP contribution in [0.4, 0.5) is 24.7 Å². The predicted molar refractivity (Wildman–Crippen MR) is 170 cm³/mol. The molecule has 7 nitrogen and oxygen atoms in total. The van der Waals surface area contributed by atoms with Crippen molar-refractivity contribution in [3.8, 4) is 29.5 Å². The second-order valence-corrected chi connectivity index (χ2v) is 12.6. The first-order chi connectivity index (χ1) is 21.7. The average molecular weight is 609 g/mol. The summed E-state index contributed by atoms with van der Waals surface area (Å²) >= 11 is 0. The van der Waals surface area contributed by atoms with Crippen molar-refractivity contribution in [1.29, 1.82) is 0 Å². The van der Waals surface area contributed by atoms with Gasteiger partial charge >= 0.3 is 6.01 Å². The molecule has 0 aliphatic carbocycles. The fraction of sp³-hybridized carbons (Fsp3) is 0.314. The number of hydrogen-bond acceptors (Lipinski definition) is 7. The number of hydrogen-bond donors (Lipinski definition) is 2. The van der Waals surface area contributed by atoms with Gasteiger partial charge in [0.1, 0.15) is 29.6 Å². The summed E-state index contributed by atoms with van der Waals surface area (Å²) in [4.78, 5) is 13.7. The van der Waals surface area contributed by atoms with Gasteiger partial charge in [-0.1, -0.05) is 36.3 Å². The third-order valence-corrected chi connectivity index (χ3v) is 9.69. The number of ether oxygens (including phenoxy) is 1. The summed E-state index contributed by atoms with van der Waals surface area (Å²) < 4.78 is 54.3. The van der Waals surface area contributed by atoms with E-state index in [2.05, 4.69) is 39.9 Å². The summed E-state index contributed by atoms with van der Waals surface area (Å²) in [6, 6.07) is 7.14. The first kappa shape index (κ1) is 27.9. The van der Waals surface area contributed by atoms with E-state index in [9.17, 15) is 4.39 Å². The number of fused-ring (bicyclic) bond motifs is 5. The van der Waals surface area contributed by atoms with Gasteiger partial charge in [-0.05, 0) is 61.0 Å². The van der Waals surface area contributed by atoms with Crippen LogP contribution in [-0.2, 0) is 0 Å². The van der Waals surface area contributed by atoms with Gasteiger partial charge in [0.15, 0.2) is 5.82 Å². The number of benzene rings is 3. The van der Waals surface area contributed by atoms with Crippen molar-refractivity contribution in [2.24, 2.45) is 0 Å². The minimum atomic E-state index is -0.927. The van der Waals surface area contributed by atoms with E-state index in [0.717, 1.165) is 37.9 Å². The molecule has 10 heteroatoms. The second-order valence-electron chi connectivity index (χ2n) is 12.6. The van der Waals surface area contributed by atoms with Crippen LogP contribution in [0, 0.1) is 29.8 Å². The fourth-order valence-electron chi connectivity index (χ4n) is 7.76. The minimum absolute atomic E-state index is 0.0133. The first-order valence-corrected chi connectivity index (χ1v) is 15.2. The highest BCUT2D eigenvalue weighted by Gasteiger charge is 2.46. The molecule has 2 bridgehead atoms. The third-order valence-electron chi connectivity index (χ3n) is 9.69. The number of nitrogen functional groups attached to an aromatic ring is 1. The fourth-order valence-corrected chi connectivity index (χ4v) is 7.76. The van der Waals surface area contributed by atoms with Crippen LogP contribution in [0.25, 0.3) is 32.8 Å². The van der Waals surface area contributed by atoms with E-state index in [4.69, 9.17) is 21.9 Å². The average Bonchev–Trinajstić information content (AvgIpc) is 3.66. The number of anilines is 2. The zero-order chi connectivity index (χ0) is 31.0. The SMILES string of the molecule is C#Cc1c(F)ccc2cc(N)cc(-c3c(F)cc4c(N5CC6C=CC(C5)N6)nc(OC[C@@]56CCCN5CC(=C)C6)nc4c3F)c12. The Kier molecular flexibility index (Phi) is 6.34. The maximum absolute atomic E-state index is 16.9. The summed E-state index contributed by atoms with van der Waals surface area (Å²) in [7, 11) is 0. The first-order valence-electron chi connectivity index (χ1n) is 15.2. The molecular weight excluding hydrogens is 577 g/mol. The van der Waals surface area contributed by atoms with Crippen molar-refractivity contribution in [2.75, 3.05) is 43.4 Å². The molecule has 2 unspecified atom stereocenters. The normalized spacial score (nSPS) is 24.1. The third kappa shape index (κ3) is 4.44. The summed E-state index contributed by atoms with van der Waals surface area (Å²) in [6.45, 7) is 7.44. The maximum atomic E-state index is 16.9. The van der Waals surface area contributed by atoms with E-state index in [-0.39, 0.29) is 56.7 Å². The molecule has 3 N–H and O–H groups in total. The van der Waals surface area contributed by atoms with Crippen LogP contribution in [0.1, 0.15) is 24.8 Å². The Morgan fingerprint density at radius 1 is 1.11 bits per heavy atom. The lowest BCUT2D eigenvalue weighted by Crippen LogP contribution is -2.52. The summed E-state index contributed by atoms with van der Waals surface area (Å²) in [6.07, 6.45) is 12.7. The number of nitrogens with two attached hydrogens (primary N) is 1. The summed E-state index contributed by atoms with van der Waals surface area (Å²) in [5, 5.41) is 4.36. The molecule has 3 aromatic carbocycles. The number of rotatable bonds is 5. The zero-order valence-electron chi connectivity index (χ0n) is 24.5. The van der Waals surface area contributed by atoms with Gasteiger partial charge in [0.25, 0.3) is 0 Å². The molecule has 1 aromatic heterocycles. The highest BCUT2D eigenvalue weighted by atomic mass is 19.1. The van der Waals surface area contributed by atoms with Crippen molar-refractivity contribution in [3.05, 3.63) is 77.7 Å². The molecule has 228 valence electrons. The number of nitrogens with one attached hydrogen (secondary N) is 1. The largest absolute Gasteiger partial charge is 0.461 e. The summed E-state index contributed by atoms with van der Waals surface area (Å²) in [5.41, 5.74) is 6.83. The van der Waals surface area contributed by atoms with E-state index >= 15 is 8.78 Å². The Morgan fingerprint density at radius 2 is 1.91 bits per heavy atom. The number of piperazine rings is 1. The molecule has 3 fully saturated rings. The standard InChI is InChI=1S/C35H31F3N6O/c1-3-24-27(36)8-5-20-11-21(39)12-25(29(20)24)30-28(37)13-26-32(31(30)38)41-34(42-33(26)43-16-22-6-7-23(17-43)40-22)45-18-35-9-4-10-44(35)15-19(2)14-35/h1,5-8,11-13,22-23,40H,2,4,9-10,14-18,39H2/t22?,23?,35-/m0/s1. The molecule has 5 heterocycles. The molecule has 4 aromatic rings.